The molecule has 1 heterocycles. The Labute approximate surface area is 104 Å². The van der Waals surface area contributed by atoms with E-state index < -0.39 is 0 Å². The molecule has 1 aromatic heterocycles. The van der Waals surface area contributed by atoms with E-state index in [0.717, 1.165) is 11.3 Å². The predicted octanol–water partition coefficient (Wildman–Crippen LogP) is 3.16. The first-order valence-corrected chi connectivity index (χ1v) is 4.68. The molecule has 0 N–H and O–H groups in total. The van der Waals surface area contributed by atoms with E-state index in [1.807, 2.05) is 30.5 Å². The van der Waals surface area contributed by atoms with Crippen LogP contribution in [-0.2, 0) is 20.1 Å². The zero-order valence-corrected chi connectivity index (χ0v) is 11.1. The van der Waals surface area contributed by atoms with Gasteiger partial charge < -0.3 is 4.98 Å². The molecule has 1 radical (unpaired) electrons. The van der Waals surface area contributed by atoms with E-state index in [1.165, 1.54) is 11.1 Å². The van der Waals surface area contributed by atoms with Crippen molar-refractivity contribution in [1.82, 2.24) is 4.98 Å². The predicted molar refractivity (Wildman–Crippen MR) is 58.0 cm³/mol. The molecule has 0 aliphatic rings. The summed E-state index contributed by atoms with van der Waals surface area (Å²) in [5.74, 6) is 0. The minimum absolute atomic E-state index is 0. The van der Waals surface area contributed by atoms with Crippen LogP contribution >= 0.6 is 0 Å². The quantitative estimate of drug-likeness (QED) is 0.699. The van der Waals surface area contributed by atoms with E-state index in [0.29, 0.717) is 0 Å². The average molecular weight is 374 g/mol. The molecule has 0 saturated carbocycles. The van der Waals surface area contributed by atoms with Crippen molar-refractivity contribution in [1.29, 1.82) is 0 Å². The van der Waals surface area contributed by atoms with Crippen molar-refractivity contribution in [3.05, 3.63) is 53.7 Å². The standard InChI is InChI=1S/C13H12N.Ir/c1-10-8-11(2)13(14-9-10)12-6-4-3-5-7-12;/h3-6,8-9H,1-2H3;/q-1;. The Morgan fingerprint density at radius 3 is 2.60 bits per heavy atom. The Bertz CT molecular complexity index is 438. The van der Waals surface area contributed by atoms with Gasteiger partial charge in [0.1, 0.15) is 0 Å². The molecule has 15 heavy (non-hydrogen) atoms. The number of rotatable bonds is 1. The Hall–Kier alpha value is -0.981. The molecule has 0 unspecified atom stereocenters. The second kappa shape index (κ2) is 5.20. The molecule has 79 valence electrons. The van der Waals surface area contributed by atoms with Crippen LogP contribution in [0.3, 0.4) is 0 Å². The molecule has 1 nitrogen and oxygen atoms in total. The van der Waals surface area contributed by atoms with Crippen LogP contribution in [0.2, 0.25) is 0 Å². The van der Waals surface area contributed by atoms with Gasteiger partial charge in [0.25, 0.3) is 0 Å². The van der Waals surface area contributed by atoms with Crippen LogP contribution in [-0.4, -0.2) is 4.98 Å². The largest absolute Gasteiger partial charge is 0.304 e. The zero-order chi connectivity index (χ0) is 9.97. The zero-order valence-electron chi connectivity index (χ0n) is 8.74. The number of hydrogen-bond acceptors (Lipinski definition) is 1. The fourth-order valence-corrected chi connectivity index (χ4v) is 1.54. The van der Waals surface area contributed by atoms with E-state index in [-0.39, 0.29) is 20.1 Å². The van der Waals surface area contributed by atoms with Crippen molar-refractivity contribution >= 4 is 0 Å². The summed E-state index contributed by atoms with van der Waals surface area (Å²) in [5.41, 5.74) is 4.48. The van der Waals surface area contributed by atoms with Gasteiger partial charge in [0.2, 0.25) is 0 Å². The number of aryl methyl sites for hydroxylation is 2. The minimum atomic E-state index is 0. The van der Waals surface area contributed by atoms with Gasteiger partial charge in [-0.15, -0.1) is 35.9 Å². The van der Waals surface area contributed by atoms with Crippen molar-refractivity contribution in [2.75, 3.05) is 0 Å². The molecule has 2 heteroatoms. The van der Waals surface area contributed by atoms with Gasteiger partial charge >= 0.3 is 0 Å². The van der Waals surface area contributed by atoms with Crippen LogP contribution in [0, 0.1) is 19.9 Å². The molecular weight excluding hydrogens is 362 g/mol. The van der Waals surface area contributed by atoms with E-state index in [4.69, 9.17) is 0 Å². The van der Waals surface area contributed by atoms with Crippen molar-refractivity contribution in [3.8, 4) is 11.3 Å². The average Bonchev–Trinajstić information content (AvgIpc) is 2.19. The van der Waals surface area contributed by atoms with E-state index >= 15 is 0 Å². The summed E-state index contributed by atoms with van der Waals surface area (Å²) in [6, 6.07) is 13.2. The minimum Gasteiger partial charge on any atom is -0.304 e. The molecule has 0 aliphatic heterocycles. The summed E-state index contributed by atoms with van der Waals surface area (Å²) in [4.78, 5) is 4.42. The van der Waals surface area contributed by atoms with Gasteiger partial charge in [-0.2, -0.15) is 0 Å². The third-order valence-corrected chi connectivity index (χ3v) is 2.18. The SMILES string of the molecule is Cc1cnc(-c2[c-]cccc2)c(C)c1.[Ir]. The first kappa shape index (κ1) is 12.1. The molecule has 0 fully saturated rings. The third kappa shape index (κ3) is 2.74. The van der Waals surface area contributed by atoms with Crippen molar-refractivity contribution in [2.24, 2.45) is 0 Å². The van der Waals surface area contributed by atoms with Gasteiger partial charge in [0.15, 0.2) is 0 Å². The van der Waals surface area contributed by atoms with Gasteiger partial charge in [-0.05, 0) is 25.1 Å². The molecule has 2 aromatic rings. The fourth-order valence-electron chi connectivity index (χ4n) is 1.54. The summed E-state index contributed by atoms with van der Waals surface area (Å²) in [5, 5.41) is 0. The first-order valence-electron chi connectivity index (χ1n) is 4.68. The fraction of sp³-hybridized carbons (Fsp3) is 0.154. The van der Waals surface area contributed by atoms with Crippen LogP contribution < -0.4 is 0 Å². The first-order chi connectivity index (χ1) is 6.77. The van der Waals surface area contributed by atoms with Crippen LogP contribution in [0.25, 0.3) is 11.3 Å². The van der Waals surface area contributed by atoms with Crippen LogP contribution in [0.5, 0.6) is 0 Å². The summed E-state index contributed by atoms with van der Waals surface area (Å²) in [6.07, 6.45) is 1.89. The van der Waals surface area contributed by atoms with Gasteiger partial charge in [-0.3, -0.25) is 0 Å². The summed E-state index contributed by atoms with van der Waals surface area (Å²) in [7, 11) is 0. The van der Waals surface area contributed by atoms with Gasteiger partial charge in [0, 0.05) is 26.3 Å². The van der Waals surface area contributed by atoms with E-state index in [9.17, 15) is 0 Å². The Morgan fingerprint density at radius 1 is 1.20 bits per heavy atom. The topological polar surface area (TPSA) is 12.9 Å². The second-order valence-electron chi connectivity index (χ2n) is 3.45. The number of aromatic nitrogens is 1. The Kier molecular flexibility index (Phi) is 4.19. The Balaban J connectivity index is 0.00000112. The second-order valence-corrected chi connectivity index (χ2v) is 3.45. The normalized spacial score (nSPS) is 9.47. The number of hydrogen-bond donors (Lipinski definition) is 0. The third-order valence-electron chi connectivity index (χ3n) is 2.18. The maximum absolute atomic E-state index is 4.42. The summed E-state index contributed by atoms with van der Waals surface area (Å²) < 4.78 is 0. The van der Waals surface area contributed by atoms with Gasteiger partial charge in [-0.25, -0.2) is 0 Å². The molecule has 0 atom stereocenters. The van der Waals surface area contributed by atoms with E-state index in [1.54, 1.807) is 0 Å². The van der Waals surface area contributed by atoms with Crippen LogP contribution in [0.1, 0.15) is 11.1 Å². The molecule has 0 saturated heterocycles. The smallest absolute Gasteiger partial charge is 0.0190 e. The number of pyridine rings is 1. The molecule has 1 aromatic carbocycles. The van der Waals surface area contributed by atoms with Gasteiger partial charge in [0.05, 0.1) is 0 Å². The van der Waals surface area contributed by atoms with Crippen LogP contribution in [0.4, 0.5) is 0 Å². The van der Waals surface area contributed by atoms with E-state index in [2.05, 4.69) is 31.0 Å². The molecule has 0 bridgehead atoms. The molecule has 0 amide bonds. The number of nitrogens with zero attached hydrogens (tertiary/aromatic N) is 1. The maximum atomic E-state index is 4.42. The molecule has 2 rings (SSSR count). The van der Waals surface area contributed by atoms with Crippen molar-refractivity contribution in [2.45, 2.75) is 13.8 Å². The molecular formula is C13H12IrN-. The summed E-state index contributed by atoms with van der Waals surface area (Å²) >= 11 is 0. The molecule has 0 spiro atoms. The van der Waals surface area contributed by atoms with Crippen LogP contribution in [0.15, 0.2) is 36.5 Å². The Morgan fingerprint density at radius 2 is 2.00 bits per heavy atom. The maximum Gasteiger partial charge on any atom is 0.0190 e. The monoisotopic (exact) mass is 375 g/mol. The summed E-state index contributed by atoms with van der Waals surface area (Å²) in [6.45, 7) is 4.13. The number of benzene rings is 1. The van der Waals surface area contributed by atoms with Crippen molar-refractivity contribution < 1.29 is 20.1 Å². The van der Waals surface area contributed by atoms with Crippen molar-refractivity contribution in [3.63, 3.8) is 0 Å². The molecule has 0 aliphatic carbocycles. The van der Waals surface area contributed by atoms with Gasteiger partial charge in [-0.1, -0.05) is 11.6 Å².